The molecule has 0 heterocycles. The van der Waals surface area contributed by atoms with Gasteiger partial charge in [0.15, 0.2) is 0 Å². The number of hydrogen-bond donors (Lipinski definition) is 2. The first-order chi connectivity index (χ1) is 20.5. The largest absolute Gasteiger partial charge is 0.380 e. The average Bonchev–Trinajstić information content (AvgIpc) is 2.81. The molecule has 0 atom stereocenters. The van der Waals surface area contributed by atoms with Gasteiger partial charge in [-0.1, -0.05) is 125 Å². The molecule has 280 valence electrons. The maximum absolute atomic E-state index is 11.5. The van der Waals surface area contributed by atoms with E-state index in [2.05, 4.69) is 114 Å². The summed E-state index contributed by atoms with van der Waals surface area (Å²) in [6.07, 6.45) is 3.28. The summed E-state index contributed by atoms with van der Waals surface area (Å²) in [5.41, 5.74) is 1.38. The lowest BCUT2D eigenvalue weighted by Crippen LogP contribution is -2.36. The molecular formula is C39H84N2O5. The van der Waals surface area contributed by atoms with Crippen molar-refractivity contribution in [3.8, 4) is 0 Å². The summed E-state index contributed by atoms with van der Waals surface area (Å²) >= 11 is 0. The lowest BCUT2D eigenvalue weighted by Gasteiger charge is -2.19. The molecule has 0 aliphatic rings. The number of amides is 1. The Morgan fingerprint density at radius 2 is 0.804 bits per heavy atom. The Balaban J connectivity index is -0.000000603. The van der Waals surface area contributed by atoms with Crippen LogP contribution < -0.4 is 10.6 Å². The van der Waals surface area contributed by atoms with Crippen LogP contribution in [0.5, 0.6) is 0 Å². The number of rotatable bonds is 17. The fourth-order valence-electron chi connectivity index (χ4n) is 3.05. The van der Waals surface area contributed by atoms with E-state index in [1.165, 1.54) is 0 Å². The second-order valence-electron chi connectivity index (χ2n) is 19.6. The number of nitrogens with one attached hydrogen (secondary N) is 2. The van der Waals surface area contributed by atoms with Crippen LogP contribution in [0, 0.1) is 32.5 Å². The monoisotopic (exact) mass is 661 g/mol. The summed E-state index contributed by atoms with van der Waals surface area (Å²) in [7, 11) is 0. The second kappa shape index (κ2) is 24.4. The molecule has 0 aliphatic carbocycles. The van der Waals surface area contributed by atoms with E-state index < -0.39 is 0 Å². The van der Waals surface area contributed by atoms with Crippen molar-refractivity contribution >= 4 is 5.91 Å². The van der Waals surface area contributed by atoms with Gasteiger partial charge in [0.1, 0.15) is 0 Å². The standard InChI is InChI=1S/C13H27NO2.C13H29NO.C13H28O2/c1-12(2,3)7-9-16-10-8-14-11(15)13(4,5)6;1-12(2,3)7-9-15-10-8-14-11-13(4,5)6;1-12(2,3)7-8-14-9-10-15-11-13(4,5)6/h7-10H2,1-6H3,(H,14,15);14H,7-11H2,1-6H3;7-11H2,1-6H3. The minimum absolute atomic E-state index is 0.0759. The van der Waals surface area contributed by atoms with Crippen LogP contribution in [0.25, 0.3) is 0 Å². The zero-order chi connectivity index (χ0) is 36.7. The predicted molar refractivity (Wildman–Crippen MR) is 200 cm³/mol. The Kier molecular flexibility index (Phi) is 26.4. The Bertz CT molecular complexity index is 638. The molecule has 46 heavy (non-hydrogen) atoms. The van der Waals surface area contributed by atoms with Crippen LogP contribution in [0.4, 0.5) is 0 Å². The van der Waals surface area contributed by atoms with Gasteiger partial charge in [-0.05, 0) is 46.3 Å². The average molecular weight is 661 g/mol. The minimum atomic E-state index is -0.314. The molecule has 0 aliphatic heterocycles. The van der Waals surface area contributed by atoms with Crippen molar-refractivity contribution in [1.29, 1.82) is 0 Å². The first kappa shape index (κ1) is 49.7. The zero-order valence-electron chi connectivity index (χ0n) is 34.4. The van der Waals surface area contributed by atoms with Gasteiger partial charge in [-0.2, -0.15) is 0 Å². The van der Waals surface area contributed by atoms with Crippen LogP contribution in [-0.4, -0.2) is 78.4 Å². The lowest BCUT2D eigenvalue weighted by molar-refractivity contribution is -0.128. The van der Waals surface area contributed by atoms with E-state index in [9.17, 15) is 4.79 Å². The van der Waals surface area contributed by atoms with Gasteiger partial charge < -0.3 is 29.6 Å². The van der Waals surface area contributed by atoms with E-state index in [4.69, 9.17) is 18.9 Å². The van der Waals surface area contributed by atoms with Crippen LogP contribution in [0.15, 0.2) is 0 Å². The quantitative estimate of drug-likeness (QED) is 0.152. The Hall–Kier alpha value is -0.730. The van der Waals surface area contributed by atoms with E-state index >= 15 is 0 Å². The van der Waals surface area contributed by atoms with Gasteiger partial charge >= 0.3 is 0 Å². The fraction of sp³-hybridized carbons (Fsp3) is 0.974. The van der Waals surface area contributed by atoms with Crippen molar-refractivity contribution in [2.75, 3.05) is 72.5 Å². The number of carbonyl (C=O) groups excluding carboxylic acids is 1. The highest BCUT2D eigenvalue weighted by Gasteiger charge is 2.20. The second-order valence-corrected chi connectivity index (χ2v) is 19.6. The molecule has 7 nitrogen and oxygen atoms in total. The number of carbonyl (C=O) groups is 1. The van der Waals surface area contributed by atoms with Gasteiger partial charge in [-0.25, -0.2) is 0 Å². The first-order valence-corrected chi connectivity index (χ1v) is 17.8. The van der Waals surface area contributed by atoms with E-state index in [1.807, 2.05) is 20.8 Å². The van der Waals surface area contributed by atoms with E-state index in [0.717, 1.165) is 65.4 Å². The molecule has 0 spiro atoms. The van der Waals surface area contributed by atoms with Crippen molar-refractivity contribution in [3.63, 3.8) is 0 Å². The highest BCUT2D eigenvalue weighted by Crippen LogP contribution is 2.19. The highest BCUT2D eigenvalue weighted by molar-refractivity contribution is 5.81. The molecule has 0 saturated heterocycles. The third-order valence-electron chi connectivity index (χ3n) is 6.19. The Morgan fingerprint density at radius 1 is 0.435 bits per heavy atom. The lowest BCUT2D eigenvalue weighted by atomic mass is 9.93. The van der Waals surface area contributed by atoms with Crippen molar-refractivity contribution in [3.05, 3.63) is 0 Å². The first-order valence-electron chi connectivity index (χ1n) is 17.8. The summed E-state index contributed by atoms with van der Waals surface area (Å²) in [5.74, 6) is 0.0759. The van der Waals surface area contributed by atoms with Crippen molar-refractivity contribution < 1.29 is 23.7 Å². The third-order valence-corrected chi connectivity index (χ3v) is 6.19. The summed E-state index contributed by atoms with van der Waals surface area (Å²) in [4.78, 5) is 11.5. The molecule has 2 N–H and O–H groups in total. The van der Waals surface area contributed by atoms with Crippen LogP contribution in [0.1, 0.15) is 144 Å². The summed E-state index contributed by atoms with van der Waals surface area (Å²) in [5, 5.41) is 6.25. The molecule has 0 radical (unpaired) electrons. The number of hydrogen-bond acceptors (Lipinski definition) is 6. The van der Waals surface area contributed by atoms with Gasteiger partial charge in [0.05, 0.1) is 33.0 Å². The van der Waals surface area contributed by atoms with Crippen LogP contribution in [0.2, 0.25) is 0 Å². The Morgan fingerprint density at radius 3 is 1.15 bits per heavy atom. The maximum Gasteiger partial charge on any atom is 0.225 e. The van der Waals surface area contributed by atoms with Crippen LogP contribution in [0.3, 0.4) is 0 Å². The number of ether oxygens (including phenoxy) is 4. The predicted octanol–water partition coefficient (Wildman–Crippen LogP) is 9.18. The van der Waals surface area contributed by atoms with Crippen molar-refractivity contribution in [1.82, 2.24) is 10.6 Å². The molecule has 0 bridgehead atoms. The van der Waals surface area contributed by atoms with Crippen LogP contribution in [-0.2, 0) is 23.7 Å². The molecule has 0 unspecified atom stereocenters. The van der Waals surface area contributed by atoms with Gasteiger partial charge in [0.25, 0.3) is 0 Å². The van der Waals surface area contributed by atoms with Gasteiger partial charge in [-0.3, -0.25) is 4.79 Å². The molecule has 0 aromatic carbocycles. The molecule has 0 saturated carbocycles. The fourth-order valence-corrected chi connectivity index (χ4v) is 3.05. The van der Waals surface area contributed by atoms with Gasteiger partial charge in [0, 0.05) is 44.9 Å². The normalized spacial score (nSPS) is 13.0. The molecule has 7 heteroatoms. The SMILES string of the molecule is CC(C)(C)CCOCCNC(=O)C(C)(C)C.CC(C)(C)CCOCCNCC(C)(C)C.CC(C)(C)CCOCCOCC(C)(C)C. The highest BCUT2D eigenvalue weighted by atomic mass is 16.5. The topological polar surface area (TPSA) is 78.1 Å². The van der Waals surface area contributed by atoms with Gasteiger partial charge in [-0.15, -0.1) is 0 Å². The van der Waals surface area contributed by atoms with Crippen molar-refractivity contribution in [2.45, 2.75) is 144 Å². The third kappa shape index (κ3) is 50.1. The van der Waals surface area contributed by atoms with E-state index in [0.29, 0.717) is 48.0 Å². The molecule has 0 aromatic heterocycles. The maximum atomic E-state index is 11.5. The van der Waals surface area contributed by atoms with E-state index in [1.54, 1.807) is 0 Å². The molecule has 0 fully saturated rings. The van der Waals surface area contributed by atoms with Crippen LogP contribution >= 0.6 is 0 Å². The molecular weight excluding hydrogens is 576 g/mol. The molecule has 0 aromatic rings. The summed E-state index contributed by atoms with van der Waals surface area (Å²) in [6.45, 7) is 47.7. The molecule has 1 amide bonds. The Labute approximate surface area is 288 Å². The van der Waals surface area contributed by atoms with E-state index in [-0.39, 0.29) is 16.7 Å². The smallest absolute Gasteiger partial charge is 0.225 e. The summed E-state index contributed by atoms with van der Waals surface area (Å²) < 4.78 is 22.0. The summed E-state index contributed by atoms with van der Waals surface area (Å²) in [6, 6.07) is 0. The minimum Gasteiger partial charge on any atom is -0.380 e. The van der Waals surface area contributed by atoms with Crippen molar-refractivity contribution in [2.24, 2.45) is 32.5 Å². The van der Waals surface area contributed by atoms with Gasteiger partial charge in [0.2, 0.25) is 5.91 Å². The molecule has 0 rings (SSSR count). The zero-order valence-corrected chi connectivity index (χ0v) is 34.4.